The third-order valence-corrected chi connectivity index (χ3v) is 4.26. The van der Waals surface area contributed by atoms with E-state index in [1.165, 1.54) is 35.6 Å². The van der Waals surface area contributed by atoms with Gasteiger partial charge in [0.2, 0.25) is 0 Å². The van der Waals surface area contributed by atoms with E-state index in [2.05, 4.69) is 4.98 Å². The molecule has 0 aliphatic heterocycles. The van der Waals surface area contributed by atoms with Gasteiger partial charge in [-0.25, -0.2) is 4.98 Å². The molecule has 0 spiro atoms. The lowest BCUT2D eigenvalue weighted by molar-refractivity contribution is -0.384. The van der Waals surface area contributed by atoms with E-state index in [0.717, 1.165) is 16.8 Å². The monoisotopic (exact) mass is 350 g/mol. The molecule has 3 rings (SSSR count). The number of benzene rings is 2. The SMILES string of the molecule is O=[N+]([O-])c1ccc2sc(/C=C/c3ccc(C(F)(F)F)cc3)nc2c1. The number of halogens is 3. The number of alkyl halides is 3. The Labute approximate surface area is 138 Å². The zero-order chi connectivity index (χ0) is 17.3. The molecule has 0 atom stereocenters. The highest BCUT2D eigenvalue weighted by Gasteiger charge is 2.29. The fourth-order valence-corrected chi connectivity index (χ4v) is 2.92. The molecule has 0 amide bonds. The number of thiazole rings is 1. The van der Waals surface area contributed by atoms with E-state index in [4.69, 9.17) is 0 Å². The molecular formula is C16H9F3N2O2S. The quantitative estimate of drug-likeness (QED) is 0.470. The molecular weight excluding hydrogens is 341 g/mol. The van der Waals surface area contributed by atoms with Gasteiger partial charge in [-0.15, -0.1) is 11.3 Å². The molecule has 4 nitrogen and oxygen atoms in total. The number of nitro groups is 1. The maximum absolute atomic E-state index is 12.5. The number of rotatable bonds is 3. The number of fused-ring (bicyclic) bond motifs is 1. The van der Waals surface area contributed by atoms with E-state index >= 15 is 0 Å². The minimum absolute atomic E-state index is 0.0360. The molecule has 0 radical (unpaired) electrons. The Morgan fingerprint density at radius 1 is 1.08 bits per heavy atom. The summed E-state index contributed by atoms with van der Waals surface area (Å²) in [5.74, 6) is 0. The van der Waals surface area contributed by atoms with Crippen molar-refractivity contribution >= 4 is 39.4 Å². The number of nitrogens with zero attached hydrogens (tertiary/aromatic N) is 2. The highest BCUT2D eigenvalue weighted by Crippen LogP contribution is 2.30. The van der Waals surface area contributed by atoms with Crippen LogP contribution in [0.3, 0.4) is 0 Å². The molecule has 0 aliphatic carbocycles. The zero-order valence-electron chi connectivity index (χ0n) is 11.9. The van der Waals surface area contributed by atoms with E-state index in [1.807, 2.05) is 0 Å². The van der Waals surface area contributed by atoms with Crippen LogP contribution >= 0.6 is 11.3 Å². The zero-order valence-corrected chi connectivity index (χ0v) is 12.8. The van der Waals surface area contributed by atoms with Crippen molar-refractivity contribution in [1.29, 1.82) is 0 Å². The molecule has 122 valence electrons. The summed E-state index contributed by atoms with van der Waals surface area (Å²) in [6.45, 7) is 0. The van der Waals surface area contributed by atoms with Gasteiger partial charge in [-0.2, -0.15) is 13.2 Å². The van der Waals surface area contributed by atoms with Crippen LogP contribution in [0.5, 0.6) is 0 Å². The molecule has 8 heteroatoms. The summed E-state index contributed by atoms with van der Waals surface area (Å²) in [6, 6.07) is 9.20. The van der Waals surface area contributed by atoms with Crippen molar-refractivity contribution in [3.8, 4) is 0 Å². The Hall–Kier alpha value is -2.74. The minimum atomic E-state index is -4.36. The fraction of sp³-hybridized carbons (Fsp3) is 0.0625. The Balaban J connectivity index is 1.83. The van der Waals surface area contributed by atoms with E-state index in [-0.39, 0.29) is 5.69 Å². The molecule has 24 heavy (non-hydrogen) atoms. The Morgan fingerprint density at radius 3 is 2.42 bits per heavy atom. The Kier molecular flexibility index (Phi) is 4.06. The van der Waals surface area contributed by atoms with E-state index < -0.39 is 16.7 Å². The maximum Gasteiger partial charge on any atom is 0.416 e. The molecule has 2 aromatic carbocycles. The van der Waals surface area contributed by atoms with Crippen molar-refractivity contribution in [2.45, 2.75) is 6.18 Å². The van der Waals surface area contributed by atoms with Crippen molar-refractivity contribution in [3.05, 3.63) is 68.7 Å². The van der Waals surface area contributed by atoms with Crippen LogP contribution < -0.4 is 0 Å². The second kappa shape index (κ2) is 6.04. The smallest absolute Gasteiger partial charge is 0.258 e. The van der Waals surface area contributed by atoms with E-state index in [9.17, 15) is 23.3 Å². The van der Waals surface area contributed by atoms with E-state index in [0.29, 0.717) is 16.1 Å². The van der Waals surface area contributed by atoms with Crippen LogP contribution in [0.4, 0.5) is 18.9 Å². The summed E-state index contributed by atoms with van der Waals surface area (Å²) < 4.78 is 38.3. The minimum Gasteiger partial charge on any atom is -0.258 e. The lowest BCUT2D eigenvalue weighted by Gasteiger charge is -2.05. The molecule has 0 N–H and O–H groups in total. The van der Waals surface area contributed by atoms with Crippen LogP contribution in [0, 0.1) is 10.1 Å². The summed E-state index contributed by atoms with van der Waals surface area (Å²) in [6.07, 6.45) is -1.05. The average molecular weight is 350 g/mol. The number of hydrogen-bond donors (Lipinski definition) is 0. The van der Waals surface area contributed by atoms with Crippen molar-refractivity contribution < 1.29 is 18.1 Å². The number of aromatic nitrogens is 1. The first-order chi connectivity index (χ1) is 11.3. The third kappa shape index (κ3) is 3.43. The molecule has 3 aromatic rings. The maximum atomic E-state index is 12.5. The first kappa shape index (κ1) is 16.1. The predicted octanol–water partition coefficient (Wildman–Crippen LogP) is 5.39. The van der Waals surface area contributed by atoms with Crippen LogP contribution in [0.2, 0.25) is 0 Å². The van der Waals surface area contributed by atoms with Gasteiger partial charge in [0.15, 0.2) is 0 Å². The first-order valence-corrected chi connectivity index (χ1v) is 7.55. The van der Waals surface area contributed by atoms with Crippen LogP contribution in [-0.4, -0.2) is 9.91 Å². The standard InChI is InChI=1S/C16H9F3N2O2S/c17-16(18,19)11-4-1-10(2-5-11)3-8-15-20-13-9-12(21(22)23)6-7-14(13)24-15/h1-9H/b8-3+. The van der Waals surface area contributed by atoms with Gasteiger partial charge in [0.05, 0.1) is 20.7 Å². The summed E-state index contributed by atoms with van der Waals surface area (Å²) in [5, 5.41) is 11.4. The molecule has 0 fully saturated rings. The molecule has 0 aliphatic rings. The van der Waals surface area contributed by atoms with Gasteiger partial charge in [0.1, 0.15) is 5.01 Å². The molecule has 1 heterocycles. The Morgan fingerprint density at radius 2 is 1.79 bits per heavy atom. The molecule has 0 unspecified atom stereocenters. The van der Waals surface area contributed by atoms with E-state index in [1.54, 1.807) is 18.2 Å². The fourth-order valence-electron chi connectivity index (χ4n) is 2.07. The lowest BCUT2D eigenvalue weighted by Crippen LogP contribution is -2.03. The van der Waals surface area contributed by atoms with Gasteiger partial charge >= 0.3 is 6.18 Å². The third-order valence-electron chi connectivity index (χ3n) is 3.25. The van der Waals surface area contributed by atoms with Crippen molar-refractivity contribution in [3.63, 3.8) is 0 Å². The first-order valence-electron chi connectivity index (χ1n) is 6.73. The normalized spacial score (nSPS) is 12.1. The highest BCUT2D eigenvalue weighted by atomic mass is 32.1. The van der Waals surface area contributed by atoms with Gasteiger partial charge in [0.25, 0.3) is 5.69 Å². The summed E-state index contributed by atoms with van der Waals surface area (Å²) in [5.41, 5.74) is 0.382. The van der Waals surface area contributed by atoms with Crippen LogP contribution in [0.25, 0.3) is 22.4 Å². The van der Waals surface area contributed by atoms with Crippen LogP contribution in [-0.2, 0) is 6.18 Å². The van der Waals surface area contributed by atoms with Crippen molar-refractivity contribution in [2.24, 2.45) is 0 Å². The van der Waals surface area contributed by atoms with Crippen molar-refractivity contribution in [2.75, 3.05) is 0 Å². The van der Waals surface area contributed by atoms with Gasteiger partial charge in [-0.1, -0.05) is 18.2 Å². The summed E-state index contributed by atoms with van der Waals surface area (Å²) in [4.78, 5) is 14.5. The summed E-state index contributed by atoms with van der Waals surface area (Å²) in [7, 11) is 0. The van der Waals surface area contributed by atoms with Gasteiger partial charge in [-0.05, 0) is 29.8 Å². The molecule has 1 aromatic heterocycles. The van der Waals surface area contributed by atoms with Crippen LogP contribution in [0.15, 0.2) is 42.5 Å². The van der Waals surface area contributed by atoms with Crippen LogP contribution in [0.1, 0.15) is 16.1 Å². The second-order valence-electron chi connectivity index (χ2n) is 4.91. The number of nitro benzene ring substituents is 1. The number of non-ortho nitro benzene ring substituents is 1. The lowest BCUT2D eigenvalue weighted by atomic mass is 10.1. The largest absolute Gasteiger partial charge is 0.416 e. The van der Waals surface area contributed by atoms with Crippen molar-refractivity contribution in [1.82, 2.24) is 4.98 Å². The average Bonchev–Trinajstić information content (AvgIpc) is 2.94. The van der Waals surface area contributed by atoms with Gasteiger partial charge in [-0.3, -0.25) is 10.1 Å². The van der Waals surface area contributed by atoms with Gasteiger partial charge < -0.3 is 0 Å². The molecule has 0 saturated heterocycles. The predicted molar refractivity (Wildman–Crippen MR) is 86.6 cm³/mol. The van der Waals surface area contributed by atoms with Gasteiger partial charge in [0, 0.05) is 12.1 Å². The Bertz CT molecular complexity index is 931. The summed E-state index contributed by atoms with van der Waals surface area (Å²) >= 11 is 1.34. The highest BCUT2D eigenvalue weighted by molar-refractivity contribution is 7.19. The molecule has 0 bridgehead atoms. The topological polar surface area (TPSA) is 56.0 Å². The molecule has 0 saturated carbocycles. The number of hydrogen-bond acceptors (Lipinski definition) is 4. The second-order valence-corrected chi connectivity index (χ2v) is 5.98.